The molecule has 1 aliphatic heterocycles. The third kappa shape index (κ3) is 4.65. The van der Waals surface area contributed by atoms with E-state index in [9.17, 15) is 13.2 Å². The fourth-order valence-electron chi connectivity index (χ4n) is 3.08. The van der Waals surface area contributed by atoms with Crippen LogP contribution in [0.2, 0.25) is 0 Å². The Bertz CT molecular complexity index is 938. The molecule has 0 unspecified atom stereocenters. The molecule has 0 bridgehead atoms. The van der Waals surface area contributed by atoms with Gasteiger partial charge in [0.05, 0.1) is 10.6 Å². The Hall–Kier alpha value is -2.54. The Morgan fingerprint density at radius 3 is 2.50 bits per heavy atom. The van der Waals surface area contributed by atoms with Crippen molar-refractivity contribution in [2.75, 3.05) is 25.5 Å². The van der Waals surface area contributed by atoms with Crippen molar-refractivity contribution in [1.82, 2.24) is 4.90 Å². The molecule has 3 rings (SSSR count). The predicted molar refractivity (Wildman–Crippen MR) is 106 cm³/mol. The van der Waals surface area contributed by atoms with E-state index in [1.807, 2.05) is 32.0 Å². The molecule has 6 nitrogen and oxygen atoms in total. The van der Waals surface area contributed by atoms with E-state index >= 15 is 0 Å². The number of sulfone groups is 1. The van der Waals surface area contributed by atoms with E-state index in [4.69, 9.17) is 9.47 Å². The molecule has 0 aliphatic carbocycles. The zero-order valence-corrected chi connectivity index (χ0v) is 17.0. The first kappa shape index (κ1) is 20.2. The second-order valence-electron chi connectivity index (χ2n) is 6.73. The maximum absolute atomic E-state index is 12.7. The molecule has 0 radical (unpaired) electrons. The Morgan fingerprint density at radius 2 is 1.79 bits per heavy atom. The number of rotatable bonds is 7. The van der Waals surface area contributed by atoms with Gasteiger partial charge in [0, 0.05) is 25.1 Å². The molecule has 0 spiro atoms. The highest BCUT2D eigenvalue weighted by molar-refractivity contribution is 7.91. The van der Waals surface area contributed by atoms with Crippen molar-refractivity contribution in [3.63, 3.8) is 0 Å². The maximum Gasteiger partial charge on any atom is 0.223 e. The van der Waals surface area contributed by atoms with Crippen molar-refractivity contribution in [1.29, 1.82) is 0 Å². The van der Waals surface area contributed by atoms with Gasteiger partial charge in [-0.3, -0.25) is 4.79 Å². The molecule has 0 atom stereocenters. The van der Waals surface area contributed by atoms with Crippen LogP contribution in [0.1, 0.15) is 24.5 Å². The van der Waals surface area contributed by atoms with Crippen molar-refractivity contribution in [3.8, 4) is 11.5 Å². The van der Waals surface area contributed by atoms with Gasteiger partial charge in [-0.25, -0.2) is 8.42 Å². The monoisotopic (exact) mass is 403 g/mol. The minimum atomic E-state index is -3.49. The lowest BCUT2D eigenvalue weighted by molar-refractivity contribution is -0.131. The number of amides is 1. The lowest BCUT2D eigenvalue weighted by atomic mass is 10.1. The summed E-state index contributed by atoms with van der Waals surface area (Å²) in [5, 5.41) is 0. The molecular formula is C21H25NO5S. The maximum atomic E-state index is 12.7. The SMILES string of the molecule is CCN(Cc1cccc2c1OCCO2)C(=O)CCS(=O)(=O)c1ccc(C)cc1. The zero-order chi connectivity index (χ0) is 20.1. The number of carbonyl (C=O) groups excluding carboxylic acids is 1. The second-order valence-corrected chi connectivity index (χ2v) is 8.84. The van der Waals surface area contributed by atoms with Gasteiger partial charge in [-0.15, -0.1) is 0 Å². The smallest absolute Gasteiger partial charge is 0.223 e. The molecule has 0 aromatic heterocycles. The number of ether oxygens (including phenoxy) is 2. The summed E-state index contributed by atoms with van der Waals surface area (Å²) in [4.78, 5) is 14.6. The Labute approximate surface area is 166 Å². The van der Waals surface area contributed by atoms with E-state index in [-0.39, 0.29) is 23.0 Å². The van der Waals surface area contributed by atoms with Crippen LogP contribution in [0.5, 0.6) is 11.5 Å². The predicted octanol–water partition coefficient (Wildman–Crippen LogP) is 2.98. The van der Waals surface area contributed by atoms with E-state index < -0.39 is 9.84 Å². The van der Waals surface area contributed by atoms with Gasteiger partial charge in [-0.05, 0) is 32.0 Å². The third-order valence-electron chi connectivity index (χ3n) is 4.71. The van der Waals surface area contributed by atoms with Crippen LogP contribution in [-0.2, 0) is 21.2 Å². The van der Waals surface area contributed by atoms with Gasteiger partial charge in [-0.2, -0.15) is 0 Å². The standard InChI is InChI=1S/C21H25NO5S/c1-3-22(15-17-5-4-6-19-21(17)27-13-12-26-19)20(23)11-14-28(24,25)18-9-7-16(2)8-10-18/h4-10H,3,11-15H2,1-2H3. The van der Waals surface area contributed by atoms with Crippen molar-refractivity contribution < 1.29 is 22.7 Å². The molecule has 0 N–H and O–H groups in total. The zero-order valence-electron chi connectivity index (χ0n) is 16.2. The molecule has 7 heteroatoms. The van der Waals surface area contributed by atoms with Crippen molar-refractivity contribution in [3.05, 3.63) is 53.6 Å². The second kappa shape index (κ2) is 8.65. The number of hydrogen-bond acceptors (Lipinski definition) is 5. The van der Waals surface area contributed by atoms with Gasteiger partial charge in [0.15, 0.2) is 21.3 Å². The summed E-state index contributed by atoms with van der Waals surface area (Å²) in [5.41, 5.74) is 1.85. The molecule has 0 fully saturated rings. The minimum absolute atomic E-state index is 0.0591. The van der Waals surface area contributed by atoms with E-state index in [2.05, 4.69) is 0 Å². The molecule has 2 aromatic carbocycles. The summed E-state index contributed by atoms with van der Waals surface area (Å²) in [5.74, 6) is 0.923. The number of para-hydroxylation sites is 1. The van der Waals surface area contributed by atoms with Crippen molar-refractivity contribution in [2.45, 2.75) is 31.7 Å². The van der Waals surface area contributed by atoms with Gasteiger partial charge in [0.25, 0.3) is 0 Å². The van der Waals surface area contributed by atoms with Crippen LogP contribution in [0.4, 0.5) is 0 Å². The number of aryl methyl sites for hydroxylation is 1. The van der Waals surface area contributed by atoms with Crippen LogP contribution in [0.15, 0.2) is 47.4 Å². The Balaban J connectivity index is 1.66. The van der Waals surface area contributed by atoms with Crippen LogP contribution in [0.25, 0.3) is 0 Å². The summed E-state index contributed by atoms with van der Waals surface area (Å²) in [6.45, 7) is 5.58. The normalized spacial score (nSPS) is 13.2. The van der Waals surface area contributed by atoms with Crippen LogP contribution in [-0.4, -0.2) is 44.7 Å². The molecule has 150 valence electrons. The third-order valence-corrected chi connectivity index (χ3v) is 6.44. The summed E-state index contributed by atoms with van der Waals surface area (Å²) in [6, 6.07) is 12.3. The van der Waals surface area contributed by atoms with E-state index in [1.54, 1.807) is 29.2 Å². The first-order valence-corrected chi connectivity index (χ1v) is 11.0. The summed E-state index contributed by atoms with van der Waals surface area (Å²) < 4.78 is 36.3. The minimum Gasteiger partial charge on any atom is -0.486 e. The quantitative estimate of drug-likeness (QED) is 0.711. The highest BCUT2D eigenvalue weighted by Crippen LogP contribution is 2.34. The molecule has 0 saturated carbocycles. The van der Waals surface area contributed by atoms with E-state index in [1.165, 1.54) is 0 Å². The molecule has 28 heavy (non-hydrogen) atoms. The lowest BCUT2D eigenvalue weighted by Gasteiger charge is -2.25. The number of hydrogen-bond donors (Lipinski definition) is 0. The lowest BCUT2D eigenvalue weighted by Crippen LogP contribution is -2.32. The van der Waals surface area contributed by atoms with Crippen LogP contribution >= 0.6 is 0 Å². The summed E-state index contributed by atoms with van der Waals surface area (Å²) in [7, 11) is -3.49. The molecular weight excluding hydrogens is 378 g/mol. The van der Waals surface area contributed by atoms with Crippen molar-refractivity contribution >= 4 is 15.7 Å². The fraction of sp³-hybridized carbons (Fsp3) is 0.381. The number of carbonyl (C=O) groups is 1. The van der Waals surface area contributed by atoms with Gasteiger partial charge < -0.3 is 14.4 Å². The summed E-state index contributed by atoms with van der Waals surface area (Å²) >= 11 is 0. The van der Waals surface area contributed by atoms with Crippen LogP contribution in [0, 0.1) is 6.92 Å². The van der Waals surface area contributed by atoms with Crippen LogP contribution < -0.4 is 9.47 Å². The number of nitrogens with zero attached hydrogens (tertiary/aromatic N) is 1. The number of fused-ring (bicyclic) bond motifs is 1. The van der Waals surface area contributed by atoms with Gasteiger partial charge in [-0.1, -0.05) is 29.8 Å². The summed E-state index contributed by atoms with van der Waals surface area (Å²) in [6.07, 6.45) is -0.0591. The molecule has 1 aliphatic rings. The molecule has 1 heterocycles. The van der Waals surface area contributed by atoms with Crippen molar-refractivity contribution in [2.24, 2.45) is 0 Å². The Kier molecular flexibility index (Phi) is 6.24. The van der Waals surface area contributed by atoms with Gasteiger partial charge in [0.2, 0.25) is 5.91 Å². The fourth-order valence-corrected chi connectivity index (χ4v) is 4.31. The molecule has 2 aromatic rings. The van der Waals surface area contributed by atoms with E-state index in [0.29, 0.717) is 37.8 Å². The molecule has 1 amide bonds. The highest BCUT2D eigenvalue weighted by Gasteiger charge is 2.22. The van der Waals surface area contributed by atoms with Crippen LogP contribution in [0.3, 0.4) is 0 Å². The highest BCUT2D eigenvalue weighted by atomic mass is 32.2. The van der Waals surface area contributed by atoms with E-state index in [0.717, 1.165) is 11.1 Å². The number of benzene rings is 2. The largest absolute Gasteiger partial charge is 0.486 e. The van der Waals surface area contributed by atoms with Gasteiger partial charge in [0.1, 0.15) is 13.2 Å². The average molecular weight is 404 g/mol. The molecule has 0 saturated heterocycles. The first-order chi connectivity index (χ1) is 13.4. The average Bonchev–Trinajstić information content (AvgIpc) is 2.70. The topological polar surface area (TPSA) is 72.9 Å². The van der Waals surface area contributed by atoms with Gasteiger partial charge >= 0.3 is 0 Å². The Morgan fingerprint density at radius 1 is 1.07 bits per heavy atom. The first-order valence-electron chi connectivity index (χ1n) is 9.35.